The summed E-state index contributed by atoms with van der Waals surface area (Å²) in [5, 5.41) is 16.9. The molecular weight excluding hydrogens is 379 g/mol. The third-order valence-electron chi connectivity index (χ3n) is 4.93. The number of carbonyl (C=O) groups is 2. The number of carbonyl (C=O) groups excluding carboxylic acids is 2. The summed E-state index contributed by atoms with van der Waals surface area (Å²) < 4.78 is 15.1. The van der Waals surface area contributed by atoms with Crippen LogP contribution in [0.15, 0.2) is 30.6 Å². The van der Waals surface area contributed by atoms with E-state index in [4.69, 9.17) is 5.11 Å². The third-order valence-corrected chi connectivity index (χ3v) is 4.93. The molecule has 1 fully saturated rings. The predicted molar refractivity (Wildman–Crippen MR) is 101 cm³/mol. The van der Waals surface area contributed by atoms with E-state index in [1.807, 2.05) is 6.92 Å². The molecule has 0 saturated carbocycles. The van der Waals surface area contributed by atoms with E-state index < -0.39 is 6.61 Å². The number of aliphatic hydroxyl groups excluding tert-OH is 1. The summed E-state index contributed by atoms with van der Waals surface area (Å²) >= 11 is 0. The number of fused-ring (bicyclic) bond motifs is 1. The zero-order chi connectivity index (χ0) is 20.5. The second-order valence-corrected chi connectivity index (χ2v) is 6.89. The van der Waals surface area contributed by atoms with Crippen LogP contribution in [0.1, 0.15) is 22.5 Å². The first kappa shape index (κ1) is 18.9. The van der Waals surface area contributed by atoms with E-state index in [0.29, 0.717) is 30.7 Å². The number of nitrogens with zero attached hydrogens (tertiary/aromatic N) is 5. The van der Waals surface area contributed by atoms with E-state index in [1.165, 1.54) is 34.1 Å². The average molecular weight is 398 g/mol. The van der Waals surface area contributed by atoms with Crippen molar-refractivity contribution in [3.05, 3.63) is 47.7 Å². The summed E-state index contributed by atoms with van der Waals surface area (Å²) in [5.74, 6) is -0.870. The summed E-state index contributed by atoms with van der Waals surface area (Å²) in [4.78, 5) is 33.9. The predicted octanol–water partition coefficient (Wildman–Crippen LogP) is 0.586. The largest absolute Gasteiger partial charge is 0.387 e. The lowest BCUT2D eigenvalue weighted by molar-refractivity contribution is -0.133. The molecule has 29 heavy (non-hydrogen) atoms. The van der Waals surface area contributed by atoms with Crippen LogP contribution in [0.25, 0.3) is 16.9 Å². The Morgan fingerprint density at radius 2 is 2.07 bits per heavy atom. The smallest absolute Gasteiger partial charge is 0.254 e. The molecule has 4 rings (SSSR count). The maximum Gasteiger partial charge on any atom is 0.254 e. The molecule has 0 aliphatic carbocycles. The number of hydrogen-bond acceptors (Lipinski definition) is 6. The van der Waals surface area contributed by atoms with Gasteiger partial charge in [0, 0.05) is 43.0 Å². The van der Waals surface area contributed by atoms with Gasteiger partial charge in [-0.2, -0.15) is 9.78 Å². The first-order valence-electron chi connectivity index (χ1n) is 9.13. The first-order valence-corrected chi connectivity index (χ1v) is 9.13. The number of benzene rings is 1. The Morgan fingerprint density at radius 1 is 1.31 bits per heavy atom. The third kappa shape index (κ3) is 3.66. The molecule has 1 aromatic carbocycles. The Labute approximate surface area is 165 Å². The molecule has 1 aliphatic heterocycles. The van der Waals surface area contributed by atoms with Crippen LogP contribution < -0.4 is 5.32 Å². The van der Waals surface area contributed by atoms with Crippen molar-refractivity contribution in [2.24, 2.45) is 0 Å². The molecule has 0 radical (unpaired) electrons. The maximum absolute atomic E-state index is 13.6. The van der Waals surface area contributed by atoms with Gasteiger partial charge in [-0.05, 0) is 25.5 Å². The fourth-order valence-electron chi connectivity index (χ4n) is 3.42. The first-order chi connectivity index (χ1) is 14.0. The molecule has 1 atom stereocenters. The van der Waals surface area contributed by atoms with Gasteiger partial charge in [0.2, 0.25) is 5.91 Å². The highest BCUT2D eigenvalue weighted by Gasteiger charge is 2.27. The molecule has 2 aromatic heterocycles. The number of aryl methyl sites for hydroxylation is 1. The normalized spacial score (nSPS) is 16.4. The number of amides is 2. The van der Waals surface area contributed by atoms with Crippen LogP contribution in [0, 0.1) is 12.7 Å². The Bertz CT molecular complexity index is 1080. The van der Waals surface area contributed by atoms with E-state index in [1.54, 1.807) is 6.07 Å². The highest BCUT2D eigenvalue weighted by Crippen LogP contribution is 2.21. The van der Waals surface area contributed by atoms with Crippen LogP contribution in [0.4, 0.5) is 4.39 Å². The number of rotatable bonds is 4. The SMILES string of the molecule is Cc1nn(-c2ncc(C(=O)N[C@@H]3CCN(C(=O)CO)C3)cn2)c2cc(F)ccc12. The van der Waals surface area contributed by atoms with Gasteiger partial charge in [-0.3, -0.25) is 9.59 Å². The van der Waals surface area contributed by atoms with Crippen LogP contribution in [-0.4, -0.2) is 67.3 Å². The van der Waals surface area contributed by atoms with Gasteiger partial charge in [-0.15, -0.1) is 0 Å². The number of aromatic nitrogens is 4. The molecular formula is C19H19FN6O3. The van der Waals surface area contributed by atoms with Gasteiger partial charge in [0.05, 0.1) is 16.8 Å². The molecule has 3 aromatic rings. The summed E-state index contributed by atoms with van der Waals surface area (Å²) in [6.45, 7) is 2.11. The number of aliphatic hydroxyl groups is 1. The van der Waals surface area contributed by atoms with Crippen LogP contribution in [-0.2, 0) is 4.79 Å². The van der Waals surface area contributed by atoms with Gasteiger partial charge in [-0.1, -0.05) is 0 Å². The lowest BCUT2D eigenvalue weighted by Crippen LogP contribution is -2.39. The van der Waals surface area contributed by atoms with Crippen LogP contribution in [0.5, 0.6) is 0 Å². The molecule has 150 valence electrons. The Morgan fingerprint density at radius 3 is 2.79 bits per heavy atom. The number of hydrogen-bond donors (Lipinski definition) is 2. The summed E-state index contributed by atoms with van der Waals surface area (Å²) in [7, 11) is 0. The zero-order valence-electron chi connectivity index (χ0n) is 15.7. The van der Waals surface area contributed by atoms with Crippen LogP contribution >= 0.6 is 0 Å². The lowest BCUT2D eigenvalue weighted by Gasteiger charge is -2.15. The molecule has 3 heterocycles. The van der Waals surface area contributed by atoms with E-state index in [-0.39, 0.29) is 35.2 Å². The van der Waals surface area contributed by atoms with Crippen molar-refractivity contribution < 1.29 is 19.1 Å². The van der Waals surface area contributed by atoms with Gasteiger partial charge < -0.3 is 15.3 Å². The number of nitrogens with one attached hydrogen (secondary N) is 1. The van der Waals surface area contributed by atoms with Crippen molar-refractivity contribution in [3.63, 3.8) is 0 Å². The highest BCUT2D eigenvalue weighted by molar-refractivity contribution is 5.94. The summed E-state index contributed by atoms with van der Waals surface area (Å²) in [6, 6.07) is 4.18. The van der Waals surface area contributed by atoms with Gasteiger partial charge >= 0.3 is 0 Å². The molecule has 2 N–H and O–H groups in total. The summed E-state index contributed by atoms with van der Waals surface area (Å²) in [5.41, 5.74) is 1.52. The number of halogens is 1. The average Bonchev–Trinajstić information content (AvgIpc) is 3.32. The second-order valence-electron chi connectivity index (χ2n) is 6.89. The molecule has 0 spiro atoms. The molecule has 1 saturated heterocycles. The molecule has 1 aliphatic rings. The van der Waals surface area contributed by atoms with Crippen molar-refractivity contribution in [1.82, 2.24) is 30.0 Å². The molecule has 0 bridgehead atoms. The van der Waals surface area contributed by atoms with Crippen molar-refractivity contribution in [2.75, 3.05) is 19.7 Å². The van der Waals surface area contributed by atoms with Crippen molar-refractivity contribution in [3.8, 4) is 5.95 Å². The Kier molecular flexibility index (Phi) is 4.93. The molecule has 0 unspecified atom stereocenters. The Hall–Kier alpha value is -3.40. The summed E-state index contributed by atoms with van der Waals surface area (Å²) in [6.07, 6.45) is 3.37. The zero-order valence-corrected chi connectivity index (χ0v) is 15.7. The van der Waals surface area contributed by atoms with Gasteiger partial charge in [0.1, 0.15) is 12.4 Å². The lowest BCUT2D eigenvalue weighted by atomic mass is 10.2. The van der Waals surface area contributed by atoms with E-state index in [9.17, 15) is 14.0 Å². The Balaban J connectivity index is 1.49. The minimum Gasteiger partial charge on any atom is -0.387 e. The fourth-order valence-corrected chi connectivity index (χ4v) is 3.42. The standard InChI is InChI=1S/C19H19FN6O3/c1-11-15-3-2-13(20)6-16(15)26(24-11)19-21-7-12(8-22-19)18(29)23-14-4-5-25(9-14)17(28)10-27/h2-3,6-8,14,27H,4-5,9-10H2,1H3,(H,23,29)/t14-/m1/s1. The minimum absolute atomic E-state index is 0.196. The maximum atomic E-state index is 13.6. The monoisotopic (exact) mass is 398 g/mol. The quantitative estimate of drug-likeness (QED) is 0.665. The molecule has 10 heteroatoms. The molecule has 9 nitrogen and oxygen atoms in total. The van der Waals surface area contributed by atoms with Crippen molar-refractivity contribution >= 4 is 22.7 Å². The van der Waals surface area contributed by atoms with E-state index in [0.717, 1.165) is 5.39 Å². The van der Waals surface area contributed by atoms with E-state index >= 15 is 0 Å². The second kappa shape index (κ2) is 7.55. The fraction of sp³-hybridized carbons (Fsp3) is 0.316. The topological polar surface area (TPSA) is 113 Å². The number of likely N-dealkylation sites (tertiary alicyclic amines) is 1. The molecule has 2 amide bonds. The van der Waals surface area contributed by atoms with E-state index in [2.05, 4.69) is 20.4 Å². The van der Waals surface area contributed by atoms with Crippen molar-refractivity contribution in [2.45, 2.75) is 19.4 Å². The van der Waals surface area contributed by atoms with Gasteiger partial charge in [0.15, 0.2) is 0 Å². The highest BCUT2D eigenvalue weighted by atomic mass is 19.1. The minimum atomic E-state index is -0.540. The van der Waals surface area contributed by atoms with Crippen LogP contribution in [0.2, 0.25) is 0 Å². The van der Waals surface area contributed by atoms with Crippen LogP contribution in [0.3, 0.4) is 0 Å². The van der Waals surface area contributed by atoms with Crippen molar-refractivity contribution in [1.29, 1.82) is 0 Å². The van der Waals surface area contributed by atoms with Gasteiger partial charge in [-0.25, -0.2) is 14.4 Å². The van der Waals surface area contributed by atoms with Gasteiger partial charge in [0.25, 0.3) is 11.9 Å².